The number of hydrogen-bond donors (Lipinski definition) is 5. The Bertz CT molecular complexity index is 1430. The zero-order chi connectivity index (χ0) is 33.7. The van der Waals surface area contributed by atoms with E-state index in [4.69, 9.17) is 19.3 Å². The number of fused-ring (bicyclic) bond motifs is 1. The molecule has 48 heavy (non-hydrogen) atoms. The minimum Gasteiger partial charge on any atom is -0.492 e. The van der Waals surface area contributed by atoms with Gasteiger partial charge >= 0.3 is 6.09 Å². The van der Waals surface area contributed by atoms with Gasteiger partial charge in [0.2, 0.25) is 5.91 Å². The van der Waals surface area contributed by atoms with Crippen LogP contribution in [0.25, 0.3) is 0 Å². The van der Waals surface area contributed by atoms with E-state index in [1.807, 2.05) is 78.9 Å². The smallest absolute Gasteiger partial charge is 0.407 e. The Morgan fingerprint density at radius 3 is 2.38 bits per heavy atom. The highest BCUT2D eigenvalue weighted by Crippen LogP contribution is 2.32. The van der Waals surface area contributed by atoms with E-state index in [0.29, 0.717) is 25.9 Å². The van der Waals surface area contributed by atoms with Crippen molar-refractivity contribution in [3.05, 3.63) is 101 Å². The van der Waals surface area contributed by atoms with Crippen LogP contribution in [0.3, 0.4) is 0 Å². The standard InChI is InChI=1S/C37H47N3O8/c41-17-21-48-37(45)38-32(23-26-6-2-1-3-7-26)33(42)25-29(36(44)39-35-31-9-5-4-8-28(31)24-34(35)43)22-27-10-12-30(13-11-27)47-20-16-40-14-18-46-19-15-40/h1-13,29,32-35,41-43H,14-25H2,(H,38,45)(H,39,44). The van der Waals surface area contributed by atoms with Gasteiger partial charge in [-0.1, -0.05) is 66.7 Å². The number of carbonyl (C=O) groups is 2. The van der Waals surface area contributed by atoms with Gasteiger partial charge in [0.25, 0.3) is 0 Å². The third-order valence-electron chi connectivity index (χ3n) is 8.97. The second-order valence-corrected chi connectivity index (χ2v) is 12.4. The van der Waals surface area contributed by atoms with Crippen molar-refractivity contribution in [3.63, 3.8) is 0 Å². The van der Waals surface area contributed by atoms with Crippen LogP contribution < -0.4 is 15.4 Å². The summed E-state index contributed by atoms with van der Waals surface area (Å²) in [5, 5.41) is 37.3. The second-order valence-electron chi connectivity index (χ2n) is 12.4. The molecule has 1 aliphatic heterocycles. The molecule has 1 heterocycles. The molecule has 0 aromatic heterocycles. The summed E-state index contributed by atoms with van der Waals surface area (Å²) >= 11 is 0. The first-order chi connectivity index (χ1) is 23.4. The van der Waals surface area contributed by atoms with Crippen molar-refractivity contribution in [3.8, 4) is 5.75 Å². The maximum absolute atomic E-state index is 14.0. The Kier molecular flexibility index (Phi) is 13.2. The number of benzene rings is 3. The predicted molar refractivity (Wildman–Crippen MR) is 180 cm³/mol. The lowest BCUT2D eigenvalue weighted by molar-refractivity contribution is -0.127. The number of rotatable bonds is 16. The molecule has 3 aromatic carbocycles. The topological polar surface area (TPSA) is 150 Å². The maximum Gasteiger partial charge on any atom is 0.407 e. The van der Waals surface area contributed by atoms with E-state index in [0.717, 1.165) is 60.9 Å². The first-order valence-electron chi connectivity index (χ1n) is 16.7. The summed E-state index contributed by atoms with van der Waals surface area (Å²) in [6, 6.07) is 23.4. The van der Waals surface area contributed by atoms with Gasteiger partial charge < -0.3 is 40.2 Å². The van der Waals surface area contributed by atoms with Gasteiger partial charge in [-0.25, -0.2) is 4.79 Å². The highest BCUT2D eigenvalue weighted by atomic mass is 16.6. The molecule has 0 saturated carbocycles. The molecule has 1 saturated heterocycles. The van der Waals surface area contributed by atoms with E-state index in [9.17, 15) is 19.8 Å². The van der Waals surface area contributed by atoms with E-state index in [2.05, 4.69) is 15.5 Å². The monoisotopic (exact) mass is 661 g/mol. The van der Waals surface area contributed by atoms with Gasteiger partial charge in [-0.2, -0.15) is 0 Å². The molecular weight excluding hydrogens is 614 g/mol. The number of aliphatic hydroxyl groups is 3. The summed E-state index contributed by atoms with van der Waals surface area (Å²) in [5.41, 5.74) is 3.64. The number of carbonyl (C=O) groups excluding carboxylic acids is 2. The Morgan fingerprint density at radius 1 is 0.917 bits per heavy atom. The molecule has 1 fully saturated rings. The summed E-state index contributed by atoms with van der Waals surface area (Å²) < 4.78 is 16.4. The molecule has 5 atom stereocenters. The molecule has 5 N–H and O–H groups in total. The largest absolute Gasteiger partial charge is 0.492 e. The Morgan fingerprint density at radius 2 is 1.62 bits per heavy atom. The summed E-state index contributed by atoms with van der Waals surface area (Å²) in [4.78, 5) is 28.8. The highest BCUT2D eigenvalue weighted by Gasteiger charge is 2.35. The maximum atomic E-state index is 14.0. The molecule has 0 bridgehead atoms. The van der Waals surface area contributed by atoms with Crippen molar-refractivity contribution in [1.82, 2.24) is 15.5 Å². The Balaban J connectivity index is 1.29. The van der Waals surface area contributed by atoms with Gasteiger partial charge in [0.05, 0.1) is 44.1 Å². The van der Waals surface area contributed by atoms with Crippen LogP contribution in [0.4, 0.5) is 4.79 Å². The van der Waals surface area contributed by atoms with Gasteiger partial charge in [-0.05, 0) is 53.6 Å². The third-order valence-corrected chi connectivity index (χ3v) is 8.97. The van der Waals surface area contributed by atoms with Crippen LogP contribution in [0.15, 0.2) is 78.9 Å². The quantitative estimate of drug-likeness (QED) is 0.156. The fraction of sp³-hybridized carbons (Fsp3) is 0.459. The van der Waals surface area contributed by atoms with Crippen molar-refractivity contribution in [2.75, 3.05) is 52.7 Å². The fourth-order valence-electron chi connectivity index (χ4n) is 6.36. The van der Waals surface area contributed by atoms with Gasteiger partial charge in [-0.15, -0.1) is 0 Å². The number of morpholine rings is 1. The van der Waals surface area contributed by atoms with Crippen molar-refractivity contribution in [2.45, 2.75) is 50.0 Å². The third kappa shape index (κ3) is 10.2. The lowest BCUT2D eigenvalue weighted by Gasteiger charge is -2.28. The molecular formula is C37H47N3O8. The van der Waals surface area contributed by atoms with E-state index in [1.54, 1.807) is 0 Å². The van der Waals surface area contributed by atoms with Crippen LogP contribution in [0, 0.1) is 5.92 Å². The lowest BCUT2D eigenvalue weighted by Crippen LogP contribution is -2.47. The van der Waals surface area contributed by atoms with Crippen LogP contribution >= 0.6 is 0 Å². The molecule has 0 radical (unpaired) electrons. The predicted octanol–water partition coefficient (Wildman–Crippen LogP) is 2.41. The highest BCUT2D eigenvalue weighted by molar-refractivity contribution is 5.80. The number of aliphatic hydroxyl groups excluding tert-OH is 3. The Hall–Kier alpha value is -4.00. The molecule has 258 valence electrons. The number of nitrogens with one attached hydrogen (secondary N) is 2. The van der Waals surface area contributed by atoms with Crippen LogP contribution in [0.2, 0.25) is 0 Å². The fourth-order valence-corrected chi connectivity index (χ4v) is 6.36. The molecule has 0 spiro atoms. The van der Waals surface area contributed by atoms with Crippen LogP contribution in [-0.2, 0) is 33.5 Å². The van der Waals surface area contributed by atoms with E-state index < -0.39 is 36.3 Å². The van der Waals surface area contributed by atoms with Crippen molar-refractivity contribution in [1.29, 1.82) is 0 Å². The van der Waals surface area contributed by atoms with Crippen LogP contribution in [0.1, 0.15) is 34.7 Å². The number of nitrogens with zero attached hydrogens (tertiary/aromatic N) is 1. The molecule has 2 aliphatic rings. The van der Waals surface area contributed by atoms with Gasteiger partial charge in [0.1, 0.15) is 19.0 Å². The minimum absolute atomic E-state index is 0.0336. The summed E-state index contributed by atoms with van der Waals surface area (Å²) in [7, 11) is 0. The molecule has 11 nitrogen and oxygen atoms in total. The molecule has 2 amide bonds. The Labute approximate surface area is 281 Å². The van der Waals surface area contributed by atoms with E-state index in [1.165, 1.54) is 0 Å². The number of amides is 2. The number of alkyl carbamates (subject to hydrolysis) is 1. The average Bonchev–Trinajstić information content (AvgIpc) is 3.42. The van der Waals surface area contributed by atoms with Crippen molar-refractivity contribution >= 4 is 12.0 Å². The molecule has 11 heteroatoms. The van der Waals surface area contributed by atoms with Crippen LogP contribution in [0.5, 0.6) is 5.75 Å². The SMILES string of the molecule is O=C(NC(Cc1ccccc1)C(O)CC(Cc1ccc(OCCN2CCOCC2)cc1)C(=O)NC1c2ccccc2CC1O)OCCO. The zero-order valence-electron chi connectivity index (χ0n) is 27.2. The van der Waals surface area contributed by atoms with E-state index >= 15 is 0 Å². The normalized spacial score (nSPS) is 19.5. The first kappa shape index (κ1) is 35.3. The summed E-state index contributed by atoms with van der Waals surface area (Å²) in [6.45, 7) is 4.13. The van der Waals surface area contributed by atoms with Crippen LogP contribution in [-0.4, -0.2) is 103 Å². The minimum atomic E-state index is -1.12. The van der Waals surface area contributed by atoms with E-state index in [-0.39, 0.29) is 25.5 Å². The van der Waals surface area contributed by atoms with Gasteiger partial charge in [-0.3, -0.25) is 9.69 Å². The molecule has 3 aromatic rings. The number of ether oxygens (including phenoxy) is 3. The lowest BCUT2D eigenvalue weighted by atomic mass is 9.88. The van der Waals surface area contributed by atoms with Gasteiger partial charge in [0.15, 0.2) is 0 Å². The average molecular weight is 662 g/mol. The molecule has 1 aliphatic carbocycles. The summed E-state index contributed by atoms with van der Waals surface area (Å²) in [5.74, 6) is -0.268. The molecule has 5 unspecified atom stereocenters. The first-order valence-corrected chi connectivity index (χ1v) is 16.7. The zero-order valence-corrected chi connectivity index (χ0v) is 27.2. The van der Waals surface area contributed by atoms with Crippen molar-refractivity contribution in [2.24, 2.45) is 5.92 Å². The van der Waals surface area contributed by atoms with Crippen molar-refractivity contribution < 1.29 is 39.1 Å². The second kappa shape index (κ2) is 18.0. The van der Waals surface area contributed by atoms with Gasteiger partial charge in [0, 0.05) is 32.0 Å². The summed E-state index contributed by atoms with van der Waals surface area (Å²) in [6.07, 6.45) is -1.55. The molecule has 5 rings (SSSR count). The number of hydrogen-bond acceptors (Lipinski definition) is 9.